The van der Waals surface area contributed by atoms with E-state index in [0.29, 0.717) is 37.4 Å². The van der Waals surface area contributed by atoms with Crippen molar-refractivity contribution in [2.45, 2.75) is 11.8 Å². The van der Waals surface area contributed by atoms with Gasteiger partial charge in [-0.2, -0.15) is 0 Å². The van der Waals surface area contributed by atoms with Crippen molar-refractivity contribution in [2.24, 2.45) is 0 Å². The number of nitrogens with one attached hydrogen (secondary N) is 1. The number of halogens is 1. The average molecular weight is 498 g/mol. The predicted molar refractivity (Wildman–Crippen MR) is 131 cm³/mol. The number of piperazine rings is 1. The van der Waals surface area contributed by atoms with Gasteiger partial charge in [-0.15, -0.1) is 0 Å². The number of benzene rings is 3. The van der Waals surface area contributed by atoms with E-state index in [0.717, 1.165) is 30.0 Å². The molecule has 3 aromatic carbocycles. The number of ketones is 1. The number of anilines is 3. The zero-order valence-electron chi connectivity index (χ0n) is 18.9. The summed E-state index contributed by atoms with van der Waals surface area (Å²) in [5, 5.41) is 9.41. The Morgan fingerprint density at radius 2 is 1.43 bits per heavy atom. The zero-order valence-corrected chi connectivity index (χ0v) is 19.8. The van der Waals surface area contributed by atoms with Gasteiger partial charge in [0.15, 0.2) is 5.78 Å². The summed E-state index contributed by atoms with van der Waals surface area (Å²) in [6.45, 7) is 3.93. The number of carboxylic acid groups (broad SMARTS) is 1. The number of hydrogen-bond acceptors (Lipinski definition) is 6. The molecular formula is C25H24FN3O5S. The Morgan fingerprint density at radius 3 is 2.00 bits per heavy atom. The van der Waals surface area contributed by atoms with Crippen LogP contribution in [0.3, 0.4) is 0 Å². The minimum atomic E-state index is -4.07. The fourth-order valence-electron chi connectivity index (χ4n) is 3.96. The van der Waals surface area contributed by atoms with Crippen LogP contribution in [0, 0.1) is 5.82 Å². The first kappa shape index (κ1) is 24.2. The first-order valence-electron chi connectivity index (χ1n) is 10.9. The standard InChI is InChI=1S/C25H24FN3O5S/c1-17(30)18-2-7-21(8-3-18)28-12-14-29(15-13-28)24-11-4-19(25(31)32)16-23(24)27-35(33,34)22-9-5-20(26)6-10-22/h2-11,16,27H,12-15H2,1H3,(H,31,32). The number of carbonyl (C=O) groups is 2. The van der Waals surface area contributed by atoms with Gasteiger partial charge in [0.2, 0.25) is 0 Å². The average Bonchev–Trinajstić information content (AvgIpc) is 2.84. The fourth-order valence-corrected chi connectivity index (χ4v) is 5.02. The molecule has 1 fully saturated rings. The minimum Gasteiger partial charge on any atom is -0.478 e. The van der Waals surface area contributed by atoms with E-state index in [4.69, 9.17) is 0 Å². The molecular weight excluding hydrogens is 473 g/mol. The minimum absolute atomic E-state index is 0.00166. The SMILES string of the molecule is CC(=O)c1ccc(N2CCN(c3ccc(C(=O)O)cc3NS(=O)(=O)c3ccc(F)cc3)CC2)cc1. The third kappa shape index (κ3) is 5.43. The van der Waals surface area contributed by atoms with Gasteiger partial charge in [-0.1, -0.05) is 0 Å². The summed E-state index contributed by atoms with van der Waals surface area (Å²) < 4.78 is 41.5. The molecule has 0 atom stereocenters. The molecule has 0 spiro atoms. The lowest BCUT2D eigenvalue weighted by Crippen LogP contribution is -2.46. The molecule has 1 aliphatic rings. The highest BCUT2D eigenvalue weighted by Crippen LogP contribution is 2.31. The molecule has 0 bridgehead atoms. The van der Waals surface area contributed by atoms with E-state index in [1.807, 2.05) is 17.0 Å². The molecule has 1 saturated heterocycles. The number of Topliss-reactive ketones (excluding diaryl/α,β-unsaturated/α-hetero) is 1. The van der Waals surface area contributed by atoms with Crippen LogP contribution in [0.5, 0.6) is 0 Å². The van der Waals surface area contributed by atoms with E-state index in [1.165, 1.54) is 19.1 Å². The molecule has 182 valence electrons. The zero-order chi connectivity index (χ0) is 25.2. The Morgan fingerprint density at radius 1 is 0.857 bits per heavy atom. The molecule has 0 saturated carbocycles. The van der Waals surface area contributed by atoms with E-state index in [9.17, 15) is 27.5 Å². The normalized spacial score (nSPS) is 14.0. The summed E-state index contributed by atoms with van der Waals surface area (Å²) in [6.07, 6.45) is 0. The van der Waals surface area contributed by atoms with Crippen LogP contribution >= 0.6 is 0 Å². The quantitative estimate of drug-likeness (QED) is 0.478. The lowest BCUT2D eigenvalue weighted by Gasteiger charge is -2.38. The van der Waals surface area contributed by atoms with Gasteiger partial charge >= 0.3 is 5.97 Å². The highest BCUT2D eigenvalue weighted by atomic mass is 32.2. The van der Waals surface area contributed by atoms with Crippen LogP contribution in [0.2, 0.25) is 0 Å². The third-order valence-corrected chi connectivity index (χ3v) is 7.25. The van der Waals surface area contributed by atoms with E-state index >= 15 is 0 Å². The maximum absolute atomic E-state index is 13.3. The molecule has 0 amide bonds. The van der Waals surface area contributed by atoms with E-state index in [-0.39, 0.29) is 21.9 Å². The number of carboxylic acids is 1. The molecule has 0 radical (unpaired) electrons. The monoisotopic (exact) mass is 497 g/mol. The molecule has 4 rings (SSSR count). The molecule has 2 N–H and O–H groups in total. The topological polar surface area (TPSA) is 107 Å². The van der Waals surface area contributed by atoms with Crippen molar-refractivity contribution in [3.63, 3.8) is 0 Å². The van der Waals surface area contributed by atoms with Crippen LogP contribution < -0.4 is 14.5 Å². The van der Waals surface area contributed by atoms with Crippen LogP contribution in [-0.2, 0) is 10.0 Å². The van der Waals surface area contributed by atoms with Gasteiger partial charge in [-0.25, -0.2) is 17.6 Å². The van der Waals surface area contributed by atoms with Gasteiger partial charge in [-0.05, 0) is 73.7 Å². The molecule has 1 aliphatic heterocycles. The molecule has 1 heterocycles. The Balaban J connectivity index is 1.56. The van der Waals surface area contributed by atoms with Gasteiger partial charge in [-0.3, -0.25) is 9.52 Å². The number of aromatic carboxylic acids is 1. The Bertz CT molecular complexity index is 1350. The van der Waals surface area contributed by atoms with Crippen LogP contribution in [0.25, 0.3) is 0 Å². The van der Waals surface area contributed by atoms with Crippen LogP contribution in [0.1, 0.15) is 27.6 Å². The summed E-state index contributed by atoms with van der Waals surface area (Å²) in [5.74, 6) is -1.74. The highest BCUT2D eigenvalue weighted by Gasteiger charge is 2.23. The summed E-state index contributed by atoms with van der Waals surface area (Å²) >= 11 is 0. The van der Waals surface area contributed by atoms with Crippen molar-refractivity contribution < 1.29 is 27.5 Å². The van der Waals surface area contributed by atoms with Crippen molar-refractivity contribution in [3.05, 3.63) is 83.7 Å². The van der Waals surface area contributed by atoms with E-state index in [2.05, 4.69) is 9.62 Å². The maximum atomic E-state index is 13.3. The largest absolute Gasteiger partial charge is 0.478 e. The van der Waals surface area contributed by atoms with E-state index in [1.54, 1.807) is 18.2 Å². The summed E-state index contributed by atoms with van der Waals surface area (Å²) in [7, 11) is -4.07. The summed E-state index contributed by atoms with van der Waals surface area (Å²) in [6, 6.07) is 16.1. The second kappa shape index (κ2) is 9.75. The van der Waals surface area contributed by atoms with Crippen molar-refractivity contribution in [1.82, 2.24) is 0 Å². The predicted octanol–water partition coefficient (Wildman–Crippen LogP) is 3.85. The molecule has 3 aromatic rings. The summed E-state index contributed by atoms with van der Waals surface area (Å²) in [5.41, 5.74) is 2.24. The van der Waals surface area contributed by atoms with Crippen molar-refractivity contribution in [2.75, 3.05) is 40.7 Å². The number of hydrogen-bond donors (Lipinski definition) is 2. The smallest absolute Gasteiger partial charge is 0.335 e. The molecule has 8 nitrogen and oxygen atoms in total. The molecule has 35 heavy (non-hydrogen) atoms. The Labute approximate surface area is 202 Å². The van der Waals surface area contributed by atoms with Gasteiger partial charge in [0.05, 0.1) is 21.8 Å². The van der Waals surface area contributed by atoms with Crippen molar-refractivity contribution >= 4 is 38.8 Å². The second-order valence-electron chi connectivity index (χ2n) is 8.17. The molecule has 0 aromatic heterocycles. The number of rotatable bonds is 7. The Hall–Kier alpha value is -3.92. The van der Waals surface area contributed by atoms with Crippen LogP contribution in [0.15, 0.2) is 71.6 Å². The lowest BCUT2D eigenvalue weighted by atomic mass is 10.1. The lowest BCUT2D eigenvalue weighted by molar-refractivity contribution is 0.0696. The van der Waals surface area contributed by atoms with Crippen LogP contribution in [0.4, 0.5) is 21.5 Å². The Kier molecular flexibility index (Phi) is 6.74. The van der Waals surface area contributed by atoms with Gasteiger partial charge < -0.3 is 14.9 Å². The first-order chi connectivity index (χ1) is 16.6. The first-order valence-corrected chi connectivity index (χ1v) is 12.4. The van der Waals surface area contributed by atoms with Gasteiger partial charge in [0.1, 0.15) is 5.82 Å². The van der Waals surface area contributed by atoms with Crippen molar-refractivity contribution in [3.8, 4) is 0 Å². The molecule has 0 aliphatic carbocycles. The van der Waals surface area contributed by atoms with Crippen molar-refractivity contribution in [1.29, 1.82) is 0 Å². The highest BCUT2D eigenvalue weighted by molar-refractivity contribution is 7.92. The third-order valence-electron chi connectivity index (χ3n) is 5.87. The fraction of sp³-hybridized carbons (Fsp3) is 0.200. The molecule has 10 heteroatoms. The number of carbonyl (C=O) groups excluding carboxylic acids is 1. The van der Waals surface area contributed by atoms with Gasteiger partial charge in [0.25, 0.3) is 10.0 Å². The summed E-state index contributed by atoms with van der Waals surface area (Å²) in [4.78, 5) is 27.0. The van der Waals surface area contributed by atoms with E-state index < -0.39 is 21.8 Å². The number of nitrogens with zero attached hydrogens (tertiary/aromatic N) is 2. The molecule has 0 unspecified atom stereocenters. The second-order valence-corrected chi connectivity index (χ2v) is 9.86. The maximum Gasteiger partial charge on any atom is 0.335 e. The number of sulfonamides is 1. The van der Waals surface area contributed by atoms with Crippen LogP contribution in [-0.4, -0.2) is 51.5 Å². The van der Waals surface area contributed by atoms with Gasteiger partial charge in [0, 0.05) is 37.4 Å².